The van der Waals surface area contributed by atoms with Gasteiger partial charge < -0.3 is 16.0 Å². The summed E-state index contributed by atoms with van der Waals surface area (Å²) in [5.41, 5.74) is 4.39. The number of hydrogen-bond acceptors (Lipinski definition) is 3. The molecule has 0 spiro atoms. The lowest BCUT2D eigenvalue weighted by molar-refractivity contribution is -0.137. The maximum Gasteiger partial charge on any atom is 0.418 e. The van der Waals surface area contributed by atoms with E-state index in [1.54, 1.807) is 4.90 Å². The van der Waals surface area contributed by atoms with Crippen molar-refractivity contribution in [1.29, 1.82) is 0 Å². The molecule has 2 fully saturated rings. The van der Waals surface area contributed by atoms with E-state index in [1.165, 1.54) is 18.9 Å². The number of hydrogen-bond donors (Lipinski definition) is 2. The molecule has 8 heteroatoms. The summed E-state index contributed by atoms with van der Waals surface area (Å²) in [5.74, 6) is 0.801. The van der Waals surface area contributed by atoms with Crippen LogP contribution in [0.15, 0.2) is 12.1 Å². The molecule has 0 bridgehead atoms. The molecule has 1 aromatic rings. The second-order valence-corrected chi connectivity index (χ2v) is 7.95. The van der Waals surface area contributed by atoms with Crippen molar-refractivity contribution in [1.82, 2.24) is 10.2 Å². The molecule has 3 N–H and O–H groups in total. The zero-order chi connectivity index (χ0) is 19.6. The van der Waals surface area contributed by atoms with Gasteiger partial charge in [0.15, 0.2) is 0 Å². The average molecular weight is 404 g/mol. The first-order valence-electron chi connectivity index (χ1n) is 9.40. The lowest BCUT2D eigenvalue weighted by Gasteiger charge is -2.32. The Morgan fingerprint density at radius 3 is 2.48 bits per heavy atom. The van der Waals surface area contributed by atoms with Crippen molar-refractivity contribution < 1.29 is 18.0 Å². The van der Waals surface area contributed by atoms with E-state index in [2.05, 4.69) is 5.32 Å². The minimum Gasteiger partial charge on any atom is -0.397 e. The van der Waals surface area contributed by atoms with Gasteiger partial charge in [-0.05, 0) is 62.3 Å². The van der Waals surface area contributed by atoms with Crippen LogP contribution in [0.4, 0.5) is 18.9 Å². The number of nitrogens with two attached hydrogens (primary N) is 1. The van der Waals surface area contributed by atoms with E-state index in [0.717, 1.165) is 31.4 Å². The van der Waals surface area contributed by atoms with E-state index in [9.17, 15) is 18.0 Å². The molecule has 0 aromatic heterocycles. The van der Waals surface area contributed by atoms with Gasteiger partial charge in [0, 0.05) is 25.6 Å². The molecule has 1 aliphatic carbocycles. The third-order valence-electron chi connectivity index (χ3n) is 5.36. The summed E-state index contributed by atoms with van der Waals surface area (Å²) in [6.07, 6.45) is 0.280. The van der Waals surface area contributed by atoms with E-state index >= 15 is 0 Å². The first-order valence-corrected chi connectivity index (χ1v) is 9.78. The first kappa shape index (κ1) is 20.3. The minimum absolute atomic E-state index is 0.0304. The molecule has 1 aromatic carbocycles. The number of aryl methyl sites for hydroxylation is 1. The highest BCUT2D eigenvalue weighted by atomic mass is 35.5. The number of anilines is 1. The molecule has 0 unspecified atom stereocenters. The number of carbonyl (C=O) groups excluding carboxylic acids is 1. The zero-order valence-electron chi connectivity index (χ0n) is 15.1. The van der Waals surface area contributed by atoms with Gasteiger partial charge in [-0.2, -0.15) is 13.2 Å². The smallest absolute Gasteiger partial charge is 0.397 e. The predicted molar refractivity (Wildman–Crippen MR) is 99.5 cm³/mol. The van der Waals surface area contributed by atoms with Crippen molar-refractivity contribution in [2.45, 2.75) is 50.7 Å². The maximum absolute atomic E-state index is 13.0. The Morgan fingerprint density at radius 2 is 1.89 bits per heavy atom. The molecule has 1 amide bonds. The van der Waals surface area contributed by atoms with E-state index < -0.39 is 17.4 Å². The highest BCUT2D eigenvalue weighted by molar-refractivity contribution is 6.33. The fourth-order valence-electron chi connectivity index (χ4n) is 3.45. The summed E-state index contributed by atoms with van der Waals surface area (Å²) in [6, 6.07) is 2.86. The quantitative estimate of drug-likeness (QED) is 0.709. The number of halogens is 4. The van der Waals surface area contributed by atoms with Crippen molar-refractivity contribution >= 4 is 23.2 Å². The fraction of sp³-hybridized carbons (Fsp3) is 0.632. The molecular formula is C19H25ClF3N3O. The Morgan fingerprint density at radius 1 is 1.22 bits per heavy atom. The lowest BCUT2D eigenvalue weighted by atomic mass is 10.0. The Hall–Kier alpha value is -1.47. The highest BCUT2D eigenvalue weighted by Crippen LogP contribution is 2.38. The predicted octanol–water partition coefficient (Wildman–Crippen LogP) is 3.86. The molecule has 1 saturated heterocycles. The SMILES string of the molecule is Nc1c(Cl)cc(CCC(=O)N2CCC(NCC3CC3)CC2)cc1C(F)(F)F. The topological polar surface area (TPSA) is 58.4 Å². The monoisotopic (exact) mass is 403 g/mol. The number of rotatable bonds is 6. The molecule has 0 atom stereocenters. The first-order chi connectivity index (χ1) is 12.7. The molecular weight excluding hydrogens is 379 g/mol. The van der Waals surface area contributed by atoms with Gasteiger partial charge in [0.25, 0.3) is 0 Å². The van der Waals surface area contributed by atoms with Crippen LogP contribution >= 0.6 is 11.6 Å². The zero-order valence-corrected chi connectivity index (χ0v) is 15.9. The lowest BCUT2D eigenvalue weighted by Crippen LogP contribution is -2.45. The van der Waals surface area contributed by atoms with Gasteiger partial charge in [0.05, 0.1) is 16.3 Å². The van der Waals surface area contributed by atoms with Gasteiger partial charge >= 0.3 is 6.18 Å². The second-order valence-electron chi connectivity index (χ2n) is 7.54. The van der Waals surface area contributed by atoms with Crippen LogP contribution in [0.1, 0.15) is 43.2 Å². The van der Waals surface area contributed by atoms with Crippen LogP contribution in [0.5, 0.6) is 0 Å². The number of likely N-dealkylation sites (tertiary alicyclic amines) is 1. The van der Waals surface area contributed by atoms with Crippen LogP contribution in [-0.4, -0.2) is 36.5 Å². The highest BCUT2D eigenvalue weighted by Gasteiger charge is 2.34. The van der Waals surface area contributed by atoms with Crippen LogP contribution in [0, 0.1) is 5.92 Å². The van der Waals surface area contributed by atoms with Gasteiger partial charge in [-0.25, -0.2) is 0 Å². The number of amides is 1. The van der Waals surface area contributed by atoms with Crippen molar-refractivity contribution in [3.05, 3.63) is 28.3 Å². The van der Waals surface area contributed by atoms with Crippen LogP contribution < -0.4 is 11.1 Å². The molecule has 1 aliphatic heterocycles. The summed E-state index contributed by atoms with van der Waals surface area (Å²) in [4.78, 5) is 14.2. The molecule has 1 saturated carbocycles. The molecule has 27 heavy (non-hydrogen) atoms. The molecule has 0 radical (unpaired) electrons. The van der Waals surface area contributed by atoms with Crippen LogP contribution in [0.2, 0.25) is 5.02 Å². The number of carbonyl (C=O) groups is 1. The van der Waals surface area contributed by atoms with Crippen LogP contribution in [0.3, 0.4) is 0 Å². The third-order valence-corrected chi connectivity index (χ3v) is 5.67. The van der Waals surface area contributed by atoms with Gasteiger partial charge in [0.1, 0.15) is 0 Å². The number of piperidine rings is 1. The number of alkyl halides is 3. The van der Waals surface area contributed by atoms with Gasteiger partial charge in [-0.15, -0.1) is 0 Å². The Bertz CT molecular complexity index is 684. The molecule has 4 nitrogen and oxygen atoms in total. The number of nitrogens with zero attached hydrogens (tertiary/aromatic N) is 1. The maximum atomic E-state index is 13.0. The van der Waals surface area contributed by atoms with Gasteiger partial charge in [-0.3, -0.25) is 4.79 Å². The molecule has 1 heterocycles. The summed E-state index contributed by atoms with van der Waals surface area (Å²) >= 11 is 5.83. The van der Waals surface area contributed by atoms with Crippen molar-refractivity contribution in [3.63, 3.8) is 0 Å². The average Bonchev–Trinajstić information content (AvgIpc) is 3.44. The molecule has 2 aliphatic rings. The van der Waals surface area contributed by atoms with E-state index in [1.807, 2.05) is 0 Å². The van der Waals surface area contributed by atoms with Crippen molar-refractivity contribution in [2.24, 2.45) is 5.92 Å². The summed E-state index contributed by atoms with van der Waals surface area (Å²) < 4.78 is 39.1. The summed E-state index contributed by atoms with van der Waals surface area (Å²) in [5, 5.41) is 3.43. The van der Waals surface area contributed by atoms with Crippen molar-refractivity contribution in [2.75, 3.05) is 25.4 Å². The molecule has 3 rings (SSSR count). The largest absolute Gasteiger partial charge is 0.418 e. The molecule has 150 valence electrons. The summed E-state index contributed by atoms with van der Waals surface area (Å²) in [6.45, 7) is 2.45. The second kappa shape index (κ2) is 8.27. The van der Waals surface area contributed by atoms with E-state index in [4.69, 9.17) is 17.3 Å². The number of benzene rings is 1. The normalized spacial score (nSPS) is 18.7. The van der Waals surface area contributed by atoms with Gasteiger partial charge in [0.2, 0.25) is 5.91 Å². The van der Waals surface area contributed by atoms with Crippen LogP contribution in [0.25, 0.3) is 0 Å². The minimum atomic E-state index is -4.57. The number of nitrogens with one attached hydrogen (secondary N) is 1. The number of nitrogen functional groups attached to an aromatic ring is 1. The third kappa shape index (κ3) is 5.51. The summed E-state index contributed by atoms with van der Waals surface area (Å²) in [7, 11) is 0. The van der Waals surface area contributed by atoms with Gasteiger partial charge in [-0.1, -0.05) is 11.6 Å². The van der Waals surface area contributed by atoms with E-state index in [-0.39, 0.29) is 23.8 Å². The van der Waals surface area contributed by atoms with E-state index in [0.29, 0.717) is 24.7 Å². The Kier molecular flexibility index (Phi) is 6.21. The van der Waals surface area contributed by atoms with Crippen molar-refractivity contribution in [3.8, 4) is 0 Å². The fourth-order valence-corrected chi connectivity index (χ4v) is 3.69. The Balaban J connectivity index is 1.50. The van der Waals surface area contributed by atoms with Crippen LogP contribution in [-0.2, 0) is 17.4 Å². The Labute approximate surface area is 162 Å². The standard InChI is InChI=1S/C19H25ClF3N3O/c20-16-10-13(9-15(18(16)24)19(21,22)23)3-4-17(27)26-7-5-14(6-8-26)25-11-12-1-2-12/h9-10,12,14,25H,1-8,11,24H2.